The van der Waals surface area contributed by atoms with E-state index >= 15 is 0 Å². The molecule has 0 amide bonds. The van der Waals surface area contributed by atoms with E-state index in [4.69, 9.17) is 4.42 Å². The van der Waals surface area contributed by atoms with Crippen molar-refractivity contribution in [2.45, 2.75) is 45.3 Å². The van der Waals surface area contributed by atoms with Crippen LogP contribution in [0.2, 0.25) is 0 Å². The molecule has 1 aliphatic carbocycles. The Balaban J connectivity index is 1.49. The van der Waals surface area contributed by atoms with Gasteiger partial charge in [0.05, 0.1) is 19.3 Å². The third-order valence-corrected chi connectivity index (χ3v) is 4.76. The molecule has 0 aliphatic heterocycles. The van der Waals surface area contributed by atoms with Gasteiger partial charge >= 0.3 is 0 Å². The second kappa shape index (κ2) is 6.65. The molecular weight excluding hydrogens is 298 g/mol. The summed E-state index contributed by atoms with van der Waals surface area (Å²) in [6.45, 7) is 3.60. The van der Waals surface area contributed by atoms with Crippen molar-refractivity contribution < 1.29 is 4.42 Å². The smallest absolute Gasteiger partial charge is 0.117 e. The molecule has 1 unspecified atom stereocenters. The van der Waals surface area contributed by atoms with Crippen molar-refractivity contribution in [2.24, 2.45) is 0 Å². The Morgan fingerprint density at radius 2 is 2.08 bits per heavy atom. The van der Waals surface area contributed by atoms with Crippen molar-refractivity contribution in [2.75, 3.05) is 0 Å². The van der Waals surface area contributed by atoms with Gasteiger partial charge in [0.25, 0.3) is 0 Å². The van der Waals surface area contributed by atoms with Gasteiger partial charge in [-0.3, -0.25) is 4.68 Å². The first-order valence-corrected chi connectivity index (χ1v) is 8.67. The van der Waals surface area contributed by atoms with E-state index in [9.17, 15) is 0 Å². The summed E-state index contributed by atoms with van der Waals surface area (Å²) in [5.41, 5.74) is 4.02. The maximum absolute atomic E-state index is 5.66. The fourth-order valence-electron chi connectivity index (χ4n) is 3.53. The maximum atomic E-state index is 5.66. The van der Waals surface area contributed by atoms with Gasteiger partial charge in [-0.25, -0.2) is 0 Å². The highest BCUT2D eigenvalue weighted by Gasteiger charge is 2.24. The number of hydrogen-bond donors (Lipinski definition) is 1. The van der Waals surface area contributed by atoms with Crippen molar-refractivity contribution in [3.8, 4) is 0 Å². The van der Waals surface area contributed by atoms with Crippen LogP contribution in [0.4, 0.5) is 0 Å². The van der Waals surface area contributed by atoms with E-state index in [2.05, 4.69) is 45.4 Å². The van der Waals surface area contributed by atoms with E-state index in [1.165, 1.54) is 23.2 Å². The van der Waals surface area contributed by atoms with E-state index in [-0.39, 0.29) is 0 Å². The van der Waals surface area contributed by atoms with Gasteiger partial charge in [0.2, 0.25) is 0 Å². The molecule has 0 bridgehead atoms. The lowest BCUT2D eigenvalue weighted by molar-refractivity contribution is 0.406. The Morgan fingerprint density at radius 1 is 1.21 bits per heavy atom. The van der Waals surface area contributed by atoms with Crippen LogP contribution < -0.4 is 5.32 Å². The molecule has 4 rings (SSSR count). The van der Waals surface area contributed by atoms with Crippen molar-refractivity contribution in [1.29, 1.82) is 0 Å². The number of hydrogen-bond acceptors (Lipinski definition) is 3. The summed E-state index contributed by atoms with van der Waals surface area (Å²) in [6.07, 6.45) is 5.51. The van der Waals surface area contributed by atoms with E-state index < -0.39 is 0 Å². The highest BCUT2D eigenvalue weighted by molar-refractivity contribution is 5.26. The fourth-order valence-corrected chi connectivity index (χ4v) is 3.53. The number of aryl methyl sites for hydroxylation is 1. The molecule has 24 heavy (non-hydrogen) atoms. The minimum atomic E-state index is 0.365. The minimum absolute atomic E-state index is 0.365. The van der Waals surface area contributed by atoms with Crippen molar-refractivity contribution >= 4 is 0 Å². The molecule has 2 aromatic heterocycles. The van der Waals surface area contributed by atoms with Crippen LogP contribution in [0.1, 0.15) is 47.2 Å². The standard InChI is InChI=1S/C20H23N3O/c1-15-10-11-17(24-15)12-21-19-8-5-9-20-18(19)13-22-23(20)14-16-6-3-2-4-7-16/h2-4,6-7,10-11,13,19,21H,5,8-9,12,14H2,1H3. The first-order chi connectivity index (χ1) is 11.8. The van der Waals surface area contributed by atoms with E-state index in [0.29, 0.717) is 6.04 Å². The van der Waals surface area contributed by atoms with Crippen LogP contribution in [0.15, 0.2) is 53.1 Å². The normalized spacial score (nSPS) is 17.0. The SMILES string of the molecule is Cc1ccc(CNC2CCCc3c2cnn3Cc2ccccc2)o1. The molecule has 1 aliphatic rings. The summed E-state index contributed by atoms with van der Waals surface area (Å²) in [5, 5.41) is 8.29. The topological polar surface area (TPSA) is 43.0 Å². The quantitative estimate of drug-likeness (QED) is 0.772. The molecule has 0 fully saturated rings. The average molecular weight is 321 g/mol. The zero-order chi connectivity index (χ0) is 16.4. The molecule has 1 N–H and O–H groups in total. The van der Waals surface area contributed by atoms with Crippen LogP contribution >= 0.6 is 0 Å². The number of nitrogens with zero attached hydrogens (tertiary/aromatic N) is 2. The summed E-state index contributed by atoms with van der Waals surface area (Å²) >= 11 is 0. The Morgan fingerprint density at radius 3 is 2.88 bits per heavy atom. The monoisotopic (exact) mass is 321 g/mol. The van der Waals surface area contributed by atoms with Crippen LogP contribution in [0.5, 0.6) is 0 Å². The molecule has 2 heterocycles. The van der Waals surface area contributed by atoms with Gasteiger partial charge in [-0.05, 0) is 43.9 Å². The van der Waals surface area contributed by atoms with Crippen LogP contribution in [0, 0.1) is 6.92 Å². The van der Waals surface area contributed by atoms with Crippen LogP contribution in [0.25, 0.3) is 0 Å². The maximum Gasteiger partial charge on any atom is 0.117 e. The lowest BCUT2D eigenvalue weighted by Crippen LogP contribution is -2.25. The summed E-state index contributed by atoms with van der Waals surface area (Å²) in [4.78, 5) is 0. The third-order valence-electron chi connectivity index (χ3n) is 4.76. The largest absolute Gasteiger partial charge is 0.465 e. The zero-order valence-corrected chi connectivity index (χ0v) is 14.0. The molecule has 0 saturated carbocycles. The highest BCUT2D eigenvalue weighted by Crippen LogP contribution is 2.30. The lowest BCUT2D eigenvalue weighted by atomic mass is 9.93. The van der Waals surface area contributed by atoms with Crippen molar-refractivity contribution in [1.82, 2.24) is 15.1 Å². The first-order valence-electron chi connectivity index (χ1n) is 8.67. The van der Waals surface area contributed by atoms with Crippen LogP contribution in [-0.2, 0) is 19.5 Å². The molecular formula is C20H23N3O. The van der Waals surface area contributed by atoms with Crippen LogP contribution in [-0.4, -0.2) is 9.78 Å². The number of rotatable bonds is 5. The predicted octanol–water partition coefficient (Wildman–Crippen LogP) is 4.00. The van der Waals surface area contributed by atoms with Gasteiger partial charge in [-0.15, -0.1) is 0 Å². The zero-order valence-electron chi connectivity index (χ0n) is 14.0. The highest BCUT2D eigenvalue weighted by atomic mass is 16.3. The average Bonchev–Trinajstić information content (AvgIpc) is 3.21. The van der Waals surface area contributed by atoms with Crippen LogP contribution in [0.3, 0.4) is 0 Å². The minimum Gasteiger partial charge on any atom is -0.465 e. The van der Waals surface area contributed by atoms with Gasteiger partial charge in [0.15, 0.2) is 0 Å². The summed E-state index contributed by atoms with van der Waals surface area (Å²) < 4.78 is 7.83. The van der Waals surface area contributed by atoms with Gasteiger partial charge in [0.1, 0.15) is 11.5 Å². The Bertz CT molecular complexity index is 803. The number of benzene rings is 1. The second-order valence-electron chi connectivity index (χ2n) is 6.53. The van der Waals surface area contributed by atoms with Gasteiger partial charge < -0.3 is 9.73 Å². The fraction of sp³-hybridized carbons (Fsp3) is 0.350. The van der Waals surface area contributed by atoms with E-state index in [0.717, 1.165) is 37.5 Å². The number of nitrogens with one attached hydrogen (secondary N) is 1. The molecule has 124 valence electrons. The molecule has 4 nitrogen and oxygen atoms in total. The summed E-state index contributed by atoms with van der Waals surface area (Å²) in [5.74, 6) is 1.96. The molecule has 0 saturated heterocycles. The van der Waals surface area contributed by atoms with Gasteiger partial charge in [0, 0.05) is 17.3 Å². The summed E-state index contributed by atoms with van der Waals surface area (Å²) in [6, 6.07) is 15.0. The first kappa shape index (κ1) is 15.2. The summed E-state index contributed by atoms with van der Waals surface area (Å²) in [7, 11) is 0. The lowest BCUT2D eigenvalue weighted by Gasteiger charge is -2.24. The van der Waals surface area contributed by atoms with Crippen molar-refractivity contribution in [3.63, 3.8) is 0 Å². The molecule has 1 aromatic carbocycles. The van der Waals surface area contributed by atoms with Gasteiger partial charge in [-0.2, -0.15) is 5.10 Å². The number of fused-ring (bicyclic) bond motifs is 1. The molecule has 0 spiro atoms. The molecule has 4 heteroatoms. The van der Waals surface area contributed by atoms with E-state index in [1.807, 2.05) is 25.3 Å². The molecule has 0 radical (unpaired) electrons. The second-order valence-corrected chi connectivity index (χ2v) is 6.53. The Labute approximate surface area is 142 Å². The number of furan rings is 1. The molecule has 3 aromatic rings. The molecule has 1 atom stereocenters. The predicted molar refractivity (Wildman–Crippen MR) is 93.7 cm³/mol. The Hall–Kier alpha value is -2.33. The Kier molecular flexibility index (Phi) is 4.22. The third kappa shape index (κ3) is 3.15. The van der Waals surface area contributed by atoms with E-state index in [1.54, 1.807) is 0 Å². The number of aromatic nitrogens is 2. The van der Waals surface area contributed by atoms with Crippen molar-refractivity contribution in [3.05, 3.63) is 77.0 Å². The van der Waals surface area contributed by atoms with Gasteiger partial charge in [-0.1, -0.05) is 30.3 Å².